The number of terminal acetylenes is 1. The number of aromatic nitrogens is 4. The number of rotatable bonds is 4. The minimum absolute atomic E-state index is 0.0781. The summed E-state index contributed by atoms with van der Waals surface area (Å²) >= 11 is 5.66. The van der Waals surface area contributed by atoms with E-state index in [-0.39, 0.29) is 5.28 Å². The molecule has 0 N–H and O–H groups in total. The van der Waals surface area contributed by atoms with Crippen LogP contribution in [0.25, 0.3) is 0 Å². The van der Waals surface area contributed by atoms with Gasteiger partial charge in [-0.2, -0.15) is 0 Å². The Morgan fingerprint density at radius 1 is 1.10 bits per heavy atom. The van der Waals surface area contributed by atoms with Crippen molar-refractivity contribution < 1.29 is 0 Å². The molecule has 5 nitrogen and oxygen atoms in total. The van der Waals surface area contributed by atoms with Gasteiger partial charge in [-0.1, -0.05) is 12.8 Å². The van der Waals surface area contributed by atoms with Crippen LogP contribution in [0.1, 0.15) is 38.5 Å². The summed E-state index contributed by atoms with van der Waals surface area (Å²) in [6, 6.07) is 0.458. The lowest BCUT2D eigenvalue weighted by molar-refractivity contribution is 0.304. The average molecular weight is 292 g/mol. The predicted octanol–water partition coefficient (Wildman–Crippen LogP) is 2.33. The highest BCUT2D eigenvalue weighted by Gasteiger charge is 2.37. The van der Waals surface area contributed by atoms with E-state index >= 15 is 0 Å². The second-order valence-corrected chi connectivity index (χ2v) is 6.12. The van der Waals surface area contributed by atoms with Gasteiger partial charge in [0, 0.05) is 19.0 Å². The predicted molar refractivity (Wildman–Crippen MR) is 77.3 cm³/mol. The van der Waals surface area contributed by atoms with Crippen LogP contribution >= 0.6 is 11.6 Å². The first kappa shape index (κ1) is 13.6. The quantitative estimate of drug-likeness (QED) is 0.797. The van der Waals surface area contributed by atoms with Gasteiger partial charge in [0.25, 0.3) is 11.2 Å². The lowest BCUT2D eigenvalue weighted by Gasteiger charge is -2.36. The van der Waals surface area contributed by atoms with Gasteiger partial charge in [0.15, 0.2) is 0 Å². The monoisotopic (exact) mass is 291 g/mol. The Morgan fingerprint density at radius 2 is 1.75 bits per heavy atom. The molecule has 0 saturated heterocycles. The van der Waals surface area contributed by atoms with Crippen LogP contribution in [0, 0.1) is 24.2 Å². The highest BCUT2D eigenvalue weighted by atomic mass is 35.5. The Morgan fingerprint density at radius 3 is 2.35 bits per heavy atom. The minimum atomic E-state index is 0.0781. The summed E-state index contributed by atoms with van der Waals surface area (Å²) in [5.41, 5.74) is 0. The normalized spacial score (nSPS) is 28.1. The summed E-state index contributed by atoms with van der Waals surface area (Å²) in [5, 5.41) is 15.8. The minimum Gasteiger partial charge on any atom is -0.334 e. The van der Waals surface area contributed by atoms with Gasteiger partial charge in [-0.3, -0.25) is 0 Å². The summed E-state index contributed by atoms with van der Waals surface area (Å²) in [7, 11) is 0. The van der Waals surface area contributed by atoms with Crippen molar-refractivity contribution in [3.8, 4) is 12.3 Å². The van der Waals surface area contributed by atoms with E-state index in [1.165, 1.54) is 32.1 Å². The van der Waals surface area contributed by atoms with Crippen molar-refractivity contribution in [1.29, 1.82) is 0 Å². The molecule has 1 unspecified atom stereocenters. The molecule has 3 rings (SSSR count). The molecule has 106 valence electrons. The molecule has 0 amide bonds. The molecule has 1 aromatic heterocycles. The molecule has 0 aromatic carbocycles. The molecule has 1 heterocycles. The number of halogens is 1. The second kappa shape index (κ2) is 5.92. The van der Waals surface area contributed by atoms with E-state index in [1.54, 1.807) is 0 Å². The van der Waals surface area contributed by atoms with Crippen LogP contribution in [0.5, 0.6) is 0 Å². The standard InChI is InChI=1S/C14H18ClN5/c1-2-3-6-20(14-18-16-13(15)17-19-14)12-8-10-4-5-11(7-10)9-12/h1,10-12H,3-9H2/t10-,11?,12+/m0/s1. The molecule has 2 aliphatic rings. The highest BCUT2D eigenvalue weighted by molar-refractivity contribution is 6.28. The molecular weight excluding hydrogens is 274 g/mol. The molecule has 3 atom stereocenters. The van der Waals surface area contributed by atoms with Crippen molar-refractivity contribution in [2.24, 2.45) is 11.8 Å². The fourth-order valence-corrected chi connectivity index (χ4v) is 3.76. The summed E-state index contributed by atoms with van der Waals surface area (Å²) in [5.74, 6) is 4.94. The molecule has 0 radical (unpaired) electrons. The maximum absolute atomic E-state index is 5.66. The zero-order valence-corrected chi connectivity index (χ0v) is 12.1. The lowest BCUT2D eigenvalue weighted by Crippen LogP contribution is -2.41. The Labute approximate surface area is 124 Å². The van der Waals surface area contributed by atoms with Gasteiger partial charge in [0.05, 0.1) is 0 Å². The third kappa shape index (κ3) is 2.85. The van der Waals surface area contributed by atoms with Crippen molar-refractivity contribution >= 4 is 17.5 Å². The summed E-state index contributed by atoms with van der Waals surface area (Å²) in [6.45, 7) is 0.756. The fraction of sp³-hybridized carbons (Fsp3) is 0.714. The van der Waals surface area contributed by atoms with Crippen LogP contribution in [0.2, 0.25) is 5.28 Å². The first-order valence-electron chi connectivity index (χ1n) is 7.19. The topological polar surface area (TPSA) is 54.8 Å². The molecule has 6 heteroatoms. The molecule has 20 heavy (non-hydrogen) atoms. The van der Waals surface area contributed by atoms with Crippen molar-refractivity contribution in [1.82, 2.24) is 20.4 Å². The van der Waals surface area contributed by atoms with Crippen molar-refractivity contribution in [2.45, 2.75) is 44.6 Å². The molecule has 2 saturated carbocycles. The number of hydrogen-bond donors (Lipinski definition) is 0. The van der Waals surface area contributed by atoms with E-state index in [1.807, 2.05) is 0 Å². The Kier molecular flexibility index (Phi) is 4.02. The third-order valence-corrected chi connectivity index (χ3v) is 4.65. The summed E-state index contributed by atoms with van der Waals surface area (Å²) < 4.78 is 0. The van der Waals surface area contributed by atoms with Crippen LogP contribution in [0.3, 0.4) is 0 Å². The van der Waals surface area contributed by atoms with Crippen molar-refractivity contribution in [3.63, 3.8) is 0 Å². The van der Waals surface area contributed by atoms with E-state index in [2.05, 4.69) is 31.2 Å². The molecule has 1 aromatic rings. The van der Waals surface area contributed by atoms with Crippen molar-refractivity contribution in [3.05, 3.63) is 5.28 Å². The van der Waals surface area contributed by atoms with E-state index in [4.69, 9.17) is 18.0 Å². The van der Waals surface area contributed by atoms with E-state index < -0.39 is 0 Å². The Bertz CT molecular complexity index is 485. The van der Waals surface area contributed by atoms with Gasteiger partial charge >= 0.3 is 0 Å². The van der Waals surface area contributed by atoms with Gasteiger partial charge in [-0.05, 0) is 42.7 Å². The summed E-state index contributed by atoms with van der Waals surface area (Å²) in [4.78, 5) is 2.18. The third-order valence-electron chi connectivity index (χ3n) is 4.50. The molecule has 0 aliphatic heterocycles. The number of fused-ring (bicyclic) bond motifs is 2. The Hall–Kier alpha value is -1.41. The number of nitrogens with zero attached hydrogens (tertiary/aromatic N) is 5. The average Bonchev–Trinajstić information content (AvgIpc) is 2.80. The van der Waals surface area contributed by atoms with Gasteiger partial charge < -0.3 is 4.90 Å². The first-order chi connectivity index (χ1) is 9.76. The van der Waals surface area contributed by atoms with Gasteiger partial charge in [-0.15, -0.1) is 32.7 Å². The smallest absolute Gasteiger partial charge is 0.265 e. The van der Waals surface area contributed by atoms with Crippen LogP contribution in [-0.4, -0.2) is 33.0 Å². The first-order valence-corrected chi connectivity index (χ1v) is 7.57. The maximum Gasteiger partial charge on any atom is 0.265 e. The molecule has 0 spiro atoms. The zero-order valence-electron chi connectivity index (χ0n) is 11.4. The highest BCUT2D eigenvalue weighted by Crippen LogP contribution is 2.43. The van der Waals surface area contributed by atoms with Crippen LogP contribution in [0.4, 0.5) is 5.95 Å². The zero-order chi connectivity index (χ0) is 13.9. The molecule has 2 bridgehead atoms. The van der Waals surface area contributed by atoms with E-state index in [0.29, 0.717) is 18.4 Å². The van der Waals surface area contributed by atoms with Gasteiger partial charge in [0.2, 0.25) is 0 Å². The van der Waals surface area contributed by atoms with Crippen LogP contribution in [0.15, 0.2) is 0 Å². The van der Waals surface area contributed by atoms with E-state index in [9.17, 15) is 0 Å². The fourth-order valence-electron chi connectivity index (χ4n) is 3.68. The van der Waals surface area contributed by atoms with Crippen LogP contribution in [-0.2, 0) is 0 Å². The maximum atomic E-state index is 5.66. The van der Waals surface area contributed by atoms with E-state index in [0.717, 1.165) is 18.4 Å². The second-order valence-electron chi connectivity index (χ2n) is 5.79. The van der Waals surface area contributed by atoms with Crippen molar-refractivity contribution in [2.75, 3.05) is 11.4 Å². The molecular formula is C14H18ClN5. The molecule has 2 fully saturated rings. The van der Waals surface area contributed by atoms with Crippen LogP contribution < -0.4 is 4.90 Å². The lowest BCUT2D eigenvalue weighted by atomic mass is 9.84. The number of anilines is 1. The number of hydrogen-bond acceptors (Lipinski definition) is 5. The summed E-state index contributed by atoms with van der Waals surface area (Å²) in [6.07, 6.45) is 12.6. The largest absolute Gasteiger partial charge is 0.334 e. The van der Waals surface area contributed by atoms with Gasteiger partial charge in [-0.25, -0.2) is 0 Å². The molecule has 2 aliphatic carbocycles. The SMILES string of the molecule is C#CCCN(c1nnc(Cl)nn1)[C@H]1CC2CC[C@@H](C2)C1. The Balaban J connectivity index is 1.78. The van der Waals surface area contributed by atoms with Gasteiger partial charge in [0.1, 0.15) is 0 Å².